The Hall–Kier alpha value is -2.08. The van der Waals surface area contributed by atoms with Gasteiger partial charge < -0.3 is 14.6 Å². The fraction of sp³-hybridized carbons (Fsp3) is 0.435. The second-order valence-corrected chi connectivity index (χ2v) is 8.49. The monoisotopic (exact) mass is 415 g/mol. The van der Waals surface area contributed by atoms with Crippen LogP contribution in [-0.2, 0) is 22.7 Å². The maximum absolute atomic E-state index is 11.9. The smallest absolute Gasteiger partial charge is 0.308 e. The van der Waals surface area contributed by atoms with E-state index in [0.29, 0.717) is 37.9 Å². The molecule has 1 atom stereocenters. The molecule has 2 heterocycles. The molecule has 5 nitrogen and oxygen atoms in total. The van der Waals surface area contributed by atoms with Crippen molar-refractivity contribution in [1.29, 1.82) is 0 Å². The van der Waals surface area contributed by atoms with Gasteiger partial charge >= 0.3 is 5.97 Å². The molecule has 0 saturated carbocycles. The van der Waals surface area contributed by atoms with Crippen LogP contribution in [0.4, 0.5) is 0 Å². The number of benzene rings is 2. The van der Waals surface area contributed by atoms with E-state index in [2.05, 4.69) is 11.0 Å². The molecule has 0 aliphatic carbocycles. The van der Waals surface area contributed by atoms with Crippen LogP contribution in [0.25, 0.3) is 0 Å². The van der Waals surface area contributed by atoms with Crippen LogP contribution in [0.2, 0.25) is 5.02 Å². The standard InChI is InChI=1S/C23H26ClNO4/c24-19-7-5-17(6-8-19)15-29-21-4-2-1-3-18(21)13-25-14-20(22(26)27)23(16-25)9-11-28-12-10-23/h1-8,20H,9-16H2,(H,26,27). The summed E-state index contributed by atoms with van der Waals surface area (Å²) >= 11 is 5.95. The fourth-order valence-electron chi connectivity index (χ4n) is 4.57. The van der Waals surface area contributed by atoms with Crippen molar-refractivity contribution in [1.82, 2.24) is 4.90 Å². The lowest BCUT2D eigenvalue weighted by molar-refractivity contribution is -0.147. The number of hydrogen-bond donors (Lipinski definition) is 1. The number of halogens is 1. The third-order valence-electron chi connectivity index (χ3n) is 6.18. The number of aliphatic carboxylic acids is 1. The number of hydrogen-bond acceptors (Lipinski definition) is 4. The molecule has 1 spiro atoms. The minimum atomic E-state index is -0.693. The van der Waals surface area contributed by atoms with Gasteiger partial charge in [-0.2, -0.15) is 0 Å². The first-order valence-corrected chi connectivity index (χ1v) is 10.4. The van der Waals surface area contributed by atoms with E-state index < -0.39 is 5.97 Å². The molecule has 4 rings (SSSR count). The minimum Gasteiger partial charge on any atom is -0.489 e. The SMILES string of the molecule is O=C(O)C1CN(Cc2ccccc2OCc2ccc(Cl)cc2)CC12CCOCC2. The highest BCUT2D eigenvalue weighted by molar-refractivity contribution is 6.30. The molecule has 2 aliphatic rings. The van der Waals surface area contributed by atoms with Crippen molar-refractivity contribution in [2.75, 3.05) is 26.3 Å². The molecule has 2 aromatic carbocycles. The van der Waals surface area contributed by atoms with Crippen LogP contribution in [-0.4, -0.2) is 42.3 Å². The van der Waals surface area contributed by atoms with Crippen LogP contribution in [0.5, 0.6) is 5.75 Å². The van der Waals surface area contributed by atoms with E-state index in [4.69, 9.17) is 21.1 Å². The van der Waals surface area contributed by atoms with Crippen LogP contribution in [0.15, 0.2) is 48.5 Å². The Morgan fingerprint density at radius 2 is 1.90 bits per heavy atom. The predicted molar refractivity (Wildman–Crippen MR) is 111 cm³/mol. The van der Waals surface area contributed by atoms with Crippen LogP contribution >= 0.6 is 11.6 Å². The van der Waals surface area contributed by atoms with Gasteiger partial charge in [0.05, 0.1) is 5.92 Å². The van der Waals surface area contributed by atoms with E-state index in [1.165, 1.54) is 0 Å². The summed E-state index contributed by atoms with van der Waals surface area (Å²) < 4.78 is 11.6. The molecule has 6 heteroatoms. The minimum absolute atomic E-state index is 0.177. The zero-order valence-electron chi connectivity index (χ0n) is 16.4. The molecule has 1 unspecified atom stereocenters. The van der Waals surface area contributed by atoms with E-state index in [9.17, 15) is 9.90 Å². The van der Waals surface area contributed by atoms with Crippen LogP contribution in [0.1, 0.15) is 24.0 Å². The molecule has 2 fully saturated rings. The highest BCUT2D eigenvalue weighted by Crippen LogP contribution is 2.45. The van der Waals surface area contributed by atoms with Gasteiger partial charge in [0.25, 0.3) is 0 Å². The topological polar surface area (TPSA) is 59.0 Å². The Morgan fingerprint density at radius 1 is 1.17 bits per heavy atom. The molecule has 2 aliphatic heterocycles. The third kappa shape index (κ3) is 4.58. The lowest BCUT2D eigenvalue weighted by atomic mass is 9.72. The fourth-order valence-corrected chi connectivity index (χ4v) is 4.70. The maximum atomic E-state index is 11.9. The molecule has 2 saturated heterocycles. The van der Waals surface area contributed by atoms with Crippen molar-refractivity contribution in [2.24, 2.45) is 11.3 Å². The van der Waals surface area contributed by atoms with Gasteiger partial charge in [0.2, 0.25) is 0 Å². The van der Waals surface area contributed by atoms with Crippen molar-refractivity contribution in [3.8, 4) is 5.75 Å². The van der Waals surface area contributed by atoms with Crippen molar-refractivity contribution in [2.45, 2.75) is 26.0 Å². The van der Waals surface area contributed by atoms with Crippen molar-refractivity contribution < 1.29 is 19.4 Å². The van der Waals surface area contributed by atoms with Gasteiger partial charge in [0.15, 0.2) is 0 Å². The number of rotatable bonds is 6. The number of para-hydroxylation sites is 1. The number of ether oxygens (including phenoxy) is 2. The van der Waals surface area contributed by atoms with Crippen LogP contribution in [0.3, 0.4) is 0 Å². The Labute approximate surface area is 176 Å². The summed E-state index contributed by atoms with van der Waals surface area (Å²) in [5, 5.41) is 10.5. The second kappa shape index (κ2) is 8.74. The lowest BCUT2D eigenvalue weighted by Gasteiger charge is -2.36. The zero-order valence-corrected chi connectivity index (χ0v) is 17.1. The van der Waals surface area contributed by atoms with E-state index in [-0.39, 0.29) is 11.3 Å². The highest BCUT2D eigenvalue weighted by atomic mass is 35.5. The highest BCUT2D eigenvalue weighted by Gasteiger charge is 2.50. The van der Waals surface area contributed by atoms with Crippen molar-refractivity contribution >= 4 is 17.6 Å². The Bertz CT molecular complexity index is 848. The van der Waals surface area contributed by atoms with Gasteiger partial charge in [-0.25, -0.2) is 0 Å². The molecule has 0 bridgehead atoms. The number of nitrogens with zero attached hydrogens (tertiary/aromatic N) is 1. The summed E-state index contributed by atoms with van der Waals surface area (Å²) in [5.74, 6) is -0.197. The molecule has 2 aromatic rings. The molecule has 0 radical (unpaired) electrons. The van der Waals surface area contributed by atoms with Gasteiger partial charge in [0.1, 0.15) is 12.4 Å². The summed E-state index contributed by atoms with van der Waals surface area (Å²) in [7, 11) is 0. The maximum Gasteiger partial charge on any atom is 0.308 e. The van der Waals surface area contributed by atoms with Crippen LogP contribution in [0, 0.1) is 11.3 Å². The van der Waals surface area contributed by atoms with Gasteiger partial charge in [-0.15, -0.1) is 0 Å². The summed E-state index contributed by atoms with van der Waals surface area (Å²) in [6, 6.07) is 15.6. The number of carboxylic acid groups (broad SMARTS) is 1. The predicted octanol–water partition coefficient (Wildman–Crippen LogP) is 4.23. The van der Waals surface area contributed by atoms with Gasteiger partial charge in [-0.1, -0.05) is 41.9 Å². The summed E-state index contributed by atoms with van der Waals surface area (Å²) in [6.07, 6.45) is 1.63. The molecule has 1 N–H and O–H groups in total. The molecule has 0 amide bonds. The first-order valence-electron chi connectivity index (χ1n) is 10.0. The van der Waals surface area contributed by atoms with Gasteiger partial charge in [-0.3, -0.25) is 9.69 Å². The van der Waals surface area contributed by atoms with Gasteiger partial charge in [0, 0.05) is 48.8 Å². The van der Waals surface area contributed by atoms with E-state index in [0.717, 1.165) is 36.3 Å². The average Bonchev–Trinajstić information content (AvgIpc) is 3.06. The summed E-state index contributed by atoms with van der Waals surface area (Å²) in [5.41, 5.74) is 1.95. The second-order valence-electron chi connectivity index (χ2n) is 8.06. The Kier molecular flexibility index (Phi) is 6.09. The molecular weight excluding hydrogens is 390 g/mol. The molecule has 0 aromatic heterocycles. The first kappa shape index (κ1) is 20.2. The zero-order chi connectivity index (χ0) is 20.3. The van der Waals surface area contributed by atoms with E-state index >= 15 is 0 Å². The van der Waals surface area contributed by atoms with E-state index in [1.807, 2.05) is 42.5 Å². The molecular formula is C23H26ClNO4. The Balaban J connectivity index is 1.45. The van der Waals surface area contributed by atoms with Crippen molar-refractivity contribution in [3.63, 3.8) is 0 Å². The number of carboxylic acids is 1. The number of likely N-dealkylation sites (tertiary alicyclic amines) is 1. The van der Waals surface area contributed by atoms with Crippen molar-refractivity contribution in [3.05, 3.63) is 64.7 Å². The quantitative estimate of drug-likeness (QED) is 0.765. The van der Waals surface area contributed by atoms with Crippen LogP contribution < -0.4 is 4.74 Å². The Morgan fingerprint density at radius 3 is 2.62 bits per heavy atom. The lowest BCUT2D eigenvalue weighted by Crippen LogP contribution is -2.40. The average molecular weight is 416 g/mol. The third-order valence-corrected chi connectivity index (χ3v) is 6.43. The molecule has 154 valence electrons. The van der Waals surface area contributed by atoms with E-state index in [1.54, 1.807) is 0 Å². The number of carbonyl (C=O) groups is 1. The van der Waals surface area contributed by atoms with Gasteiger partial charge in [-0.05, 0) is 36.6 Å². The normalized spacial score (nSPS) is 21.3. The largest absolute Gasteiger partial charge is 0.489 e. The summed E-state index contributed by atoms with van der Waals surface area (Å²) in [6.45, 7) is 3.81. The first-order chi connectivity index (χ1) is 14.1. The molecule has 29 heavy (non-hydrogen) atoms. The summed E-state index contributed by atoms with van der Waals surface area (Å²) in [4.78, 5) is 14.2.